The minimum Gasteiger partial charge on any atom is -0.465 e. The zero-order valence-corrected chi connectivity index (χ0v) is 16.4. The summed E-state index contributed by atoms with van der Waals surface area (Å²) in [6, 6.07) is 4.65. The molecule has 2 aromatic heterocycles. The van der Waals surface area contributed by atoms with Crippen LogP contribution in [0.4, 0.5) is 0 Å². The summed E-state index contributed by atoms with van der Waals surface area (Å²) in [4.78, 5) is 13.3. The molecule has 0 bridgehead atoms. The van der Waals surface area contributed by atoms with Crippen LogP contribution in [-0.4, -0.2) is 32.6 Å². The molecular formula is C18H25N3O2S2. The number of hydrogen-bond donors (Lipinski definition) is 0. The van der Waals surface area contributed by atoms with Gasteiger partial charge < -0.3 is 9.30 Å². The van der Waals surface area contributed by atoms with Gasteiger partial charge in [0.2, 0.25) is 0 Å². The van der Waals surface area contributed by atoms with Crippen LogP contribution in [-0.2, 0) is 16.0 Å². The fraction of sp³-hybridized carbons (Fsp3) is 0.611. The van der Waals surface area contributed by atoms with Crippen molar-refractivity contribution in [3.63, 3.8) is 0 Å². The second-order valence-corrected chi connectivity index (χ2v) is 8.67. The van der Waals surface area contributed by atoms with E-state index in [2.05, 4.69) is 32.3 Å². The zero-order valence-electron chi connectivity index (χ0n) is 14.8. The van der Waals surface area contributed by atoms with Gasteiger partial charge in [0, 0.05) is 17.3 Å². The highest BCUT2D eigenvalue weighted by molar-refractivity contribution is 8.00. The molecule has 7 heteroatoms. The zero-order chi connectivity index (χ0) is 17.6. The molecule has 3 rings (SSSR count). The van der Waals surface area contributed by atoms with E-state index in [4.69, 9.17) is 4.74 Å². The van der Waals surface area contributed by atoms with E-state index in [1.54, 1.807) is 11.3 Å². The fourth-order valence-electron chi connectivity index (χ4n) is 3.25. The number of rotatable bonds is 7. The molecule has 1 fully saturated rings. The molecule has 0 aliphatic heterocycles. The average molecular weight is 380 g/mol. The smallest absolute Gasteiger partial charge is 0.319 e. The van der Waals surface area contributed by atoms with Gasteiger partial charge in [0.15, 0.2) is 5.16 Å². The maximum absolute atomic E-state index is 12.0. The lowest BCUT2D eigenvalue weighted by Crippen LogP contribution is -2.20. The third-order valence-corrected chi connectivity index (χ3v) is 6.40. The van der Waals surface area contributed by atoms with Gasteiger partial charge in [-0.1, -0.05) is 37.1 Å². The monoisotopic (exact) mass is 379 g/mol. The van der Waals surface area contributed by atoms with Gasteiger partial charge in [-0.3, -0.25) is 4.79 Å². The summed E-state index contributed by atoms with van der Waals surface area (Å²) < 4.78 is 7.43. The van der Waals surface area contributed by atoms with E-state index in [1.165, 1.54) is 35.9 Å². The summed E-state index contributed by atoms with van der Waals surface area (Å²) in [5, 5.41) is 11.6. The first-order valence-corrected chi connectivity index (χ1v) is 10.7. The first-order valence-electron chi connectivity index (χ1n) is 8.98. The van der Waals surface area contributed by atoms with Crippen molar-refractivity contribution in [3.8, 4) is 0 Å². The van der Waals surface area contributed by atoms with Crippen molar-refractivity contribution in [1.29, 1.82) is 0 Å². The van der Waals surface area contributed by atoms with Crippen molar-refractivity contribution in [2.45, 2.75) is 68.8 Å². The molecule has 25 heavy (non-hydrogen) atoms. The van der Waals surface area contributed by atoms with Crippen molar-refractivity contribution in [1.82, 2.24) is 14.8 Å². The molecule has 5 nitrogen and oxygen atoms in total. The standard InChI is InChI=1S/C18H25N3O2S2/c1-3-23-17(22)13(2)25-18-20-19-16(12-15-10-7-11-24-15)21(18)14-8-5-4-6-9-14/h7,10-11,13-14H,3-6,8-9,12H2,1-2H3. The first kappa shape index (κ1) is 18.5. The molecule has 1 atom stereocenters. The highest BCUT2D eigenvalue weighted by atomic mass is 32.2. The SMILES string of the molecule is CCOC(=O)C(C)Sc1nnc(Cc2cccs2)n1C1CCCCC1. The molecule has 0 amide bonds. The Labute approximate surface area is 157 Å². The van der Waals surface area contributed by atoms with Gasteiger partial charge in [-0.2, -0.15) is 0 Å². The predicted molar refractivity (Wildman–Crippen MR) is 101 cm³/mol. The van der Waals surface area contributed by atoms with Gasteiger partial charge in [-0.25, -0.2) is 0 Å². The molecule has 0 saturated heterocycles. The van der Waals surface area contributed by atoms with Gasteiger partial charge in [-0.15, -0.1) is 21.5 Å². The van der Waals surface area contributed by atoms with Gasteiger partial charge in [0.1, 0.15) is 11.1 Å². The number of thioether (sulfide) groups is 1. The second-order valence-electron chi connectivity index (χ2n) is 6.33. The summed E-state index contributed by atoms with van der Waals surface area (Å²) in [6.45, 7) is 4.11. The number of ether oxygens (including phenoxy) is 1. The van der Waals surface area contributed by atoms with Crippen LogP contribution < -0.4 is 0 Å². The molecule has 1 aliphatic rings. The van der Waals surface area contributed by atoms with Crippen LogP contribution in [0, 0.1) is 0 Å². The third-order valence-electron chi connectivity index (χ3n) is 4.49. The van der Waals surface area contributed by atoms with Crippen LogP contribution in [0.15, 0.2) is 22.7 Å². The predicted octanol–water partition coefficient (Wildman–Crippen LogP) is 4.48. The highest BCUT2D eigenvalue weighted by Gasteiger charge is 2.26. The molecule has 0 N–H and O–H groups in total. The Balaban J connectivity index is 1.83. The quantitative estimate of drug-likeness (QED) is 0.524. The Morgan fingerprint density at radius 3 is 2.88 bits per heavy atom. The van der Waals surface area contributed by atoms with E-state index >= 15 is 0 Å². The van der Waals surface area contributed by atoms with E-state index in [0.29, 0.717) is 12.6 Å². The number of nitrogens with zero attached hydrogens (tertiary/aromatic N) is 3. The summed E-state index contributed by atoms with van der Waals surface area (Å²) in [6.07, 6.45) is 6.93. The number of esters is 1. The van der Waals surface area contributed by atoms with Crippen LogP contribution in [0.25, 0.3) is 0 Å². The molecule has 2 heterocycles. The molecule has 1 saturated carbocycles. The Bertz CT molecular complexity index is 679. The van der Waals surface area contributed by atoms with E-state index in [1.807, 2.05) is 13.8 Å². The van der Waals surface area contributed by atoms with E-state index in [0.717, 1.165) is 30.2 Å². The van der Waals surface area contributed by atoms with Crippen molar-refractivity contribution in [2.24, 2.45) is 0 Å². The van der Waals surface area contributed by atoms with Crippen LogP contribution in [0.2, 0.25) is 0 Å². The summed E-state index contributed by atoms with van der Waals surface area (Å²) in [5.74, 6) is 0.818. The molecule has 0 aromatic carbocycles. The number of aromatic nitrogens is 3. The first-order chi connectivity index (χ1) is 12.2. The Morgan fingerprint density at radius 2 is 2.20 bits per heavy atom. The van der Waals surface area contributed by atoms with Crippen molar-refractivity contribution in [3.05, 3.63) is 28.2 Å². The summed E-state index contributed by atoms with van der Waals surface area (Å²) >= 11 is 3.21. The normalized spacial score (nSPS) is 16.7. The van der Waals surface area contributed by atoms with Crippen LogP contribution >= 0.6 is 23.1 Å². The Hall–Kier alpha value is -1.34. The Kier molecular flexibility index (Phi) is 6.53. The Morgan fingerprint density at radius 1 is 1.40 bits per heavy atom. The van der Waals surface area contributed by atoms with E-state index < -0.39 is 0 Å². The third kappa shape index (κ3) is 4.64. The van der Waals surface area contributed by atoms with Crippen LogP contribution in [0.5, 0.6) is 0 Å². The van der Waals surface area contributed by atoms with Crippen LogP contribution in [0.3, 0.4) is 0 Å². The lowest BCUT2D eigenvalue weighted by molar-refractivity contribution is -0.142. The number of carbonyl (C=O) groups is 1. The van der Waals surface area contributed by atoms with E-state index in [-0.39, 0.29) is 11.2 Å². The molecule has 136 valence electrons. The van der Waals surface area contributed by atoms with E-state index in [9.17, 15) is 4.79 Å². The fourth-order valence-corrected chi connectivity index (χ4v) is 4.89. The van der Waals surface area contributed by atoms with Gasteiger partial charge in [0.25, 0.3) is 0 Å². The molecule has 0 spiro atoms. The van der Waals surface area contributed by atoms with Crippen molar-refractivity contribution >= 4 is 29.1 Å². The number of hydrogen-bond acceptors (Lipinski definition) is 6. The minimum atomic E-state index is -0.277. The second kappa shape index (κ2) is 8.85. The molecule has 1 aliphatic carbocycles. The molecule has 1 unspecified atom stereocenters. The molecule has 0 radical (unpaired) electrons. The lowest BCUT2D eigenvalue weighted by atomic mass is 9.95. The highest BCUT2D eigenvalue weighted by Crippen LogP contribution is 2.34. The maximum Gasteiger partial charge on any atom is 0.319 e. The number of thiophene rings is 1. The molecule has 2 aromatic rings. The minimum absolute atomic E-state index is 0.189. The van der Waals surface area contributed by atoms with Gasteiger partial charge >= 0.3 is 5.97 Å². The van der Waals surface area contributed by atoms with Crippen molar-refractivity contribution in [2.75, 3.05) is 6.61 Å². The summed E-state index contributed by atoms with van der Waals surface area (Å²) in [5.41, 5.74) is 0. The number of carbonyl (C=O) groups excluding carboxylic acids is 1. The van der Waals surface area contributed by atoms with Gasteiger partial charge in [0.05, 0.1) is 6.61 Å². The summed E-state index contributed by atoms with van der Waals surface area (Å²) in [7, 11) is 0. The maximum atomic E-state index is 12.0. The van der Waals surface area contributed by atoms with Gasteiger partial charge in [-0.05, 0) is 38.1 Å². The van der Waals surface area contributed by atoms with Crippen molar-refractivity contribution < 1.29 is 9.53 Å². The van der Waals surface area contributed by atoms with Crippen LogP contribution in [0.1, 0.15) is 62.7 Å². The topological polar surface area (TPSA) is 57.0 Å². The molecular weight excluding hydrogens is 354 g/mol. The average Bonchev–Trinajstić information content (AvgIpc) is 3.26. The lowest BCUT2D eigenvalue weighted by Gasteiger charge is -2.26. The largest absolute Gasteiger partial charge is 0.465 e.